The van der Waals surface area contributed by atoms with Gasteiger partial charge in [0.25, 0.3) is 0 Å². The van der Waals surface area contributed by atoms with Gasteiger partial charge in [-0.3, -0.25) is 4.57 Å². The third kappa shape index (κ3) is 6.07. The van der Waals surface area contributed by atoms with Crippen LogP contribution in [0.15, 0.2) is 168 Å². The van der Waals surface area contributed by atoms with Crippen molar-refractivity contribution in [2.75, 3.05) is 0 Å². The van der Waals surface area contributed by atoms with E-state index in [1.807, 2.05) is 36.4 Å². The molecule has 0 aliphatic carbocycles. The fourth-order valence-electron chi connectivity index (χ4n) is 6.44. The zero-order chi connectivity index (χ0) is 33.4. The number of benzene rings is 6. The van der Waals surface area contributed by atoms with E-state index in [9.17, 15) is 0 Å². The van der Waals surface area contributed by atoms with Crippen molar-refractivity contribution < 1.29 is 0 Å². The molecule has 238 valence electrons. The van der Waals surface area contributed by atoms with E-state index in [1.54, 1.807) is 0 Å². The largest absolute Gasteiger partial charge is 0.324 e. The van der Waals surface area contributed by atoms with Gasteiger partial charge in [0.1, 0.15) is 17.5 Å². The number of rotatable bonds is 6. The lowest BCUT2D eigenvalue weighted by Crippen LogP contribution is -2.35. The van der Waals surface area contributed by atoms with Crippen LogP contribution < -0.4 is 5.32 Å². The van der Waals surface area contributed by atoms with Crippen LogP contribution in [0.1, 0.15) is 49.5 Å². The first-order valence-corrected chi connectivity index (χ1v) is 16.7. The number of hydrogen-bond acceptors (Lipinski definition) is 4. The minimum absolute atomic E-state index is 0.0997. The number of para-hydroxylation sites is 2. The highest BCUT2D eigenvalue weighted by molar-refractivity contribution is 6.15. The third-order valence-corrected chi connectivity index (χ3v) is 8.91. The average molecular weight is 636 g/mol. The summed E-state index contributed by atoms with van der Waals surface area (Å²) in [7, 11) is 0. The van der Waals surface area contributed by atoms with Crippen molar-refractivity contribution in [3.8, 4) is 27.9 Å². The van der Waals surface area contributed by atoms with Gasteiger partial charge in [-0.25, -0.2) is 15.0 Å². The van der Waals surface area contributed by atoms with E-state index in [0.29, 0.717) is 0 Å². The third-order valence-electron chi connectivity index (χ3n) is 8.91. The molecule has 1 aliphatic rings. The number of aliphatic imine (C=N–C) groups is 2. The zero-order valence-corrected chi connectivity index (χ0v) is 27.9. The number of nitrogens with one attached hydrogen (secondary N) is 1. The van der Waals surface area contributed by atoms with E-state index in [2.05, 4.69) is 152 Å². The first-order chi connectivity index (χ1) is 23.9. The summed E-state index contributed by atoms with van der Waals surface area (Å²) in [6.07, 6.45) is -0.375. The SMILES string of the molecule is CC(C)(C)c1nc2ccccc2n1-c1ccc(-c2cccc(-c3cccc(C4N=C(c5ccccc5)NC(c5ccccc5)=N4)c3)c2)cc1. The van der Waals surface area contributed by atoms with Crippen LogP contribution in [-0.2, 0) is 5.41 Å². The van der Waals surface area contributed by atoms with Crippen molar-refractivity contribution in [3.05, 3.63) is 180 Å². The number of nitrogens with zero attached hydrogens (tertiary/aromatic N) is 4. The van der Waals surface area contributed by atoms with Gasteiger partial charge in [0.2, 0.25) is 0 Å². The Morgan fingerprint density at radius 3 is 1.67 bits per heavy atom. The van der Waals surface area contributed by atoms with Gasteiger partial charge >= 0.3 is 0 Å². The average Bonchev–Trinajstić information content (AvgIpc) is 3.56. The van der Waals surface area contributed by atoms with Gasteiger partial charge in [0.05, 0.1) is 11.0 Å². The summed E-state index contributed by atoms with van der Waals surface area (Å²) in [5, 5.41) is 3.48. The normalized spacial score (nSPS) is 13.5. The van der Waals surface area contributed by atoms with E-state index < -0.39 is 0 Å². The molecule has 0 saturated heterocycles. The molecule has 0 fully saturated rings. The van der Waals surface area contributed by atoms with Gasteiger partial charge < -0.3 is 5.32 Å². The predicted octanol–water partition coefficient (Wildman–Crippen LogP) is 10.2. The summed E-state index contributed by atoms with van der Waals surface area (Å²) in [5.74, 6) is 2.68. The molecule has 8 rings (SSSR count). The van der Waals surface area contributed by atoms with E-state index in [4.69, 9.17) is 15.0 Å². The molecule has 0 saturated carbocycles. The summed E-state index contributed by atoms with van der Waals surface area (Å²) in [6, 6.07) is 55.0. The van der Waals surface area contributed by atoms with Crippen LogP contribution in [0, 0.1) is 0 Å². The van der Waals surface area contributed by atoms with Crippen molar-refractivity contribution in [1.29, 1.82) is 0 Å². The fraction of sp³-hybridized carbons (Fsp3) is 0.114. The second-order valence-corrected chi connectivity index (χ2v) is 13.4. The van der Waals surface area contributed by atoms with Crippen molar-refractivity contribution >= 4 is 22.7 Å². The molecule has 0 spiro atoms. The number of fused-ring (bicyclic) bond motifs is 1. The quantitative estimate of drug-likeness (QED) is 0.198. The Kier molecular flexibility index (Phi) is 7.73. The first-order valence-electron chi connectivity index (χ1n) is 16.7. The molecule has 1 N–H and O–H groups in total. The molecule has 5 nitrogen and oxygen atoms in total. The van der Waals surface area contributed by atoms with E-state index in [1.165, 1.54) is 0 Å². The van der Waals surface area contributed by atoms with Crippen LogP contribution >= 0.6 is 0 Å². The maximum Gasteiger partial charge on any atom is 0.169 e. The van der Waals surface area contributed by atoms with Gasteiger partial charge in [-0.1, -0.05) is 142 Å². The Bertz CT molecular complexity index is 2270. The van der Waals surface area contributed by atoms with Crippen LogP contribution in [-0.4, -0.2) is 21.2 Å². The molecule has 5 heteroatoms. The number of hydrogen-bond donors (Lipinski definition) is 1. The number of imidazole rings is 1. The van der Waals surface area contributed by atoms with Gasteiger partial charge in [0, 0.05) is 22.2 Å². The van der Waals surface area contributed by atoms with E-state index >= 15 is 0 Å². The molecule has 0 atom stereocenters. The maximum atomic E-state index is 5.08. The summed E-state index contributed by atoms with van der Waals surface area (Å²) in [6.45, 7) is 6.65. The van der Waals surface area contributed by atoms with Gasteiger partial charge in [0.15, 0.2) is 6.17 Å². The number of amidine groups is 2. The van der Waals surface area contributed by atoms with Gasteiger partial charge in [-0.15, -0.1) is 0 Å². The maximum absolute atomic E-state index is 5.08. The molecular formula is C44H37N5. The van der Waals surface area contributed by atoms with Crippen LogP contribution in [0.5, 0.6) is 0 Å². The molecule has 7 aromatic rings. The highest BCUT2D eigenvalue weighted by Gasteiger charge is 2.24. The van der Waals surface area contributed by atoms with Crippen molar-refractivity contribution in [2.45, 2.75) is 32.4 Å². The monoisotopic (exact) mass is 635 g/mol. The van der Waals surface area contributed by atoms with Crippen molar-refractivity contribution in [2.24, 2.45) is 9.98 Å². The molecule has 6 aromatic carbocycles. The molecule has 0 amide bonds. The smallest absolute Gasteiger partial charge is 0.169 e. The van der Waals surface area contributed by atoms with Gasteiger partial charge in [-0.05, 0) is 64.2 Å². The topological polar surface area (TPSA) is 54.6 Å². The predicted molar refractivity (Wildman–Crippen MR) is 202 cm³/mol. The Morgan fingerprint density at radius 2 is 1.04 bits per heavy atom. The van der Waals surface area contributed by atoms with E-state index in [0.717, 1.165) is 73.2 Å². The minimum atomic E-state index is -0.375. The summed E-state index contributed by atoms with van der Waals surface area (Å²) < 4.78 is 2.29. The zero-order valence-electron chi connectivity index (χ0n) is 27.9. The molecule has 2 heterocycles. The second kappa shape index (κ2) is 12.5. The van der Waals surface area contributed by atoms with Crippen LogP contribution in [0.25, 0.3) is 39.0 Å². The fourth-order valence-corrected chi connectivity index (χ4v) is 6.44. The van der Waals surface area contributed by atoms with E-state index in [-0.39, 0.29) is 11.6 Å². The first kappa shape index (κ1) is 30.3. The minimum Gasteiger partial charge on any atom is -0.324 e. The molecular weight excluding hydrogens is 599 g/mol. The Labute approximate surface area is 287 Å². The second-order valence-electron chi connectivity index (χ2n) is 13.4. The summed E-state index contributed by atoms with van der Waals surface area (Å²) in [5.41, 5.74) is 10.8. The van der Waals surface area contributed by atoms with Crippen LogP contribution in [0.3, 0.4) is 0 Å². The lowest BCUT2D eigenvalue weighted by atomic mass is 9.95. The Balaban J connectivity index is 1.12. The molecule has 0 bridgehead atoms. The molecule has 49 heavy (non-hydrogen) atoms. The molecule has 0 unspecified atom stereocenters. The van der Waals surface area contributed by atoms with Crippen molar-refractivity contribution in [3.63, 3.8) is 0 Å². The van der Waals surface area contributed by atoms with Gasteiger partial charge in [-0.2, -0.15) is 0 Å². The Hall–Kier alpha value is -6.07. The summed E-state index contributed by atoms with van der Waals surface area (Å²) >= 11 is 0. The molecule has 1 aliphatic heterocycles. The van der Waals surface area contributed by atoms with Crippen molar-refractivity contribution in [1.82, 2.24) is 14.9 Å². The number of aromatic nitrogens is 2. The lowest BCUT2D eigenvalue weighted by molar-refractivity contribution is 0.539. The van der Waals surface area contributed by atoms with Crippen LogP contribution in [0.4, 0.5) is 0 Å². The summed E-state index contributed by atoms with van der Waals surface area (Å²) in [4.78, 5) is 15.2. The highest BCUT2D eigenvalue weighted by Crippen LogP contribution is 2.33. The highest BCUT2D eigenvalue weighted by atomic mass is 15.2. The standard InChI is InChI=1S/C44H37N5/c1-44(2,3)43-45-38-22-10-11-23-39(38)49(43)37-26-24-30(25-27-37)33-18-12-19-34(28-33)35-20-13-21-36(29-35)42-47-40(31-14-6-4-7-15-31)46-41(48-42)32-16-8-5-9-17-32/h4-29,42H,1-3H3,(H,46,47,48). The molecule has 1 aromatic heterocycles. The lowest BCUT2D eigenvalue weighted by Gasteiger charge is -2.22. The van der Waals surface area contributed by atoms with Crippen LogP contribution in [0.2, 0.25) is 0 Å². The Morgan fingerprint density at radius 1 is 0.510 bits per heavy atom. The molecule has 0 radical (unpaired) electrons.